The highest BCUT2D eigenvalue weighted by Crippen LogP contribution is 2.36. The Kier molecular flexibility index (Phi) is 3.61. The minimum atomic E-state index is 0.165. The highest BCUT2D eigenvalue weighted by Gasteiger charge is 2.40. The molecule has 0 aliphatic carbocycles. The van der Waals surface area contributed by atoms with Crippen LogP contribution >= 0.6 is 0 Å². The molecule has 0 N–H and O–H groups in total. The number of carbonyl (C=O) groups is 1. The Hall–Kier alpha value is -0.770. The van der Waals surface area contributed by atoms with Crippen LogP contribution in [0.2, 0.25) is 0 Å². The molecule has 2 amide bonds. The van der Waals surface area contributed by atoms with Crippen LogP contribution in [0, 0.1) is 0 Å². The summed E-state index contributed by atoms with van der Waals surface area (Å²) >= 11 is 0. The lowest BCUT2D eigenvalue weighted by molar-refractivity contribution is 0.0168. The summed E-state index contributed by atoms with van der Waals surface area (Å²) in [7, 11) is 5.92. The smallest absolute Gasteiger partial charge is 0.319 e. The summed E-state index contributed by atoms with van der Waals surface area (Å²) in [5.41, 5.74) is 0.390. The van der Waals surface area contributed by atoms with Gasteiger partial charge in [0.1, 0.15) is 0 Å². The van der Waals surface area contributed by atoms with E-state index in [1.54, 1.807) is 4.90 Å². The van der Waals surface area contributed by atoms with Crippen molar-refractivity contribution in [1.82, 2.24) is 14.7 Å². The first-order valence-corrected chi connectivity index (χ1v) is 6.73. The first kappa shape index (κ1) is 12.7. The van der Waals surface area contributed by atoms with E-state index in [4.69, 9.17) is 0 Å². The molecule has 0 aromatic heterocycles. The summed E-state index contributed by atoms with van der Waals surface area (Å²) in [4.78, 5) is 18.1. The van der Waals surface area contributed by atoms with Crippen LogP contribution in [0.15, 0.2) is 0 Å². The molecule has 1 spiro atoms. The molecule has 2 aliphatic rings. The highest BCUT2D eigenvalue weighted by molar-refractivity contribution is 5.73. The molecule has 2 rings (SSSR count). The molecule has 4 heteroatoms. The maximum absolute atomic E-state index is 11.9. The van der Waals surface area contributed by atoms with Crippen LogP contribution < -0.4 is 0 Å². The largest absolute Gasteiger partial charge is 0.331 e. The average Bonchev–Trinajstić information content (AvgIpc) is 2.33. The van der Waals surface area contributed by atoms with E-state index in [-0.39, 0.29) is 6.03 Å². The first-order valence-electron chi connectivity index (χ1n) is 6.73. The van der Waals surface area contributed by atoms with E-state index in [9.17, 15) is 4.79 Å². The van der Waals surface area contributed by atoms with E-state index in [0.717, 1.165) is 25.9 Å². The van der Waals surface area contributed by atoms with Gasteiger partial charge in [0.15, 0.2) is 0 Å². The second-order valence-electron chi connectivity index (χ2n) is 5.77. The van der Waals surface area contributed by atoms with E-state index in [1.807, 2.05) is 19.0 Å². The van der Waals surface area contributed by atoms with Gasteiger partial charge in [-0.1, -0.05) is 6.42 Å². The van der Waals surface area contributed by atoms with Crippen molar-refractivity contribution < 1.29 is 4.79 Å². The van der Waals surface area contributed by atoms with Crippen molar-refractivity contribution in [2.24, 2.45) is 0 Å². The van der Waals surface area contributed by atoms with Gasteiger partial charge in [-0.3, -0.25) is 0 Å². The normalized spacial score (nSPS) is 25.0. The van der Waals surface area contributed by atoms with E-state index >= 15 is 0 Å². The zero-order chi connectivity index (χ0) is 12.5. The molecule has 2 saturated heterocycles. The summed E-state index contributed by atoms with van der Waals surface area (Å²) in [5, 5.41) is 0. The second kappa shape index (κ2) is 4.84. The molecule has 2 heterocycles. The molecule has 2 fully saturated rings. The molecule has 0 radical (unpaired) electrons. The second-order valence-corrected chi connectivity index (χ2v) is 5.77. The Bertz CT molecular complexity index is 282. The lowest BCUT2D eigenvalue weighted by atomic mass is 9.79. The van der Waals surface area contributed by atoms with Gasteiger partial charge in [0.25, 0.3) is 0 Å². The monoisotopic (exact) mass is 239 g/mol. The fourth-order valence-electron chi connectivity index (χ4n) is 3.26. The van der Waals surface area contributed by atoms with Crippen LogP contribution in [0.4, 0.5) is 4.79 Å². The number of hydrogen-bond acceptors (Lipinski definition) is 2. The lowest BCUT2D eigenvalue weighted by Crippen LogP contribution is -2.57. The number of likely N-dealkylation sites (tertiary alicyclic amines) is 2. The fraction of sp³-hybridized carbons (Fsp3) is 0.923. The zero-order valence-electron chi connectivity index (χ0n) is 11.4. The van der Waals surface area contributed by atoms with Crippen molar-refractivity contribution in [3.05, 3.63) is 0 Å². The topological polar surface area (TPSA) is 26.8 Å². The molecule has 0 aromatic carbocycles. The Balaban J connectivity index is 1.95. The summed E-state index contributed by atoms with van der Waals surface area (Å²) < 4.78 is 0. The Morgan fingerprint density at radius 1 is 1.06 bits per heavy atom. The highest BCUT2D eigenvalue weighted by atomic mass is 16.2. The van der Waals surface area contributed by atoms with Gasteiger partial charge in [0.2, 0.25) is 0 Å². The maximum Gasteiger partial charge on any atom is 0.319 e. The van der Waals surface area contributed by atoms with Crippen LogP contribution in [0.3, 0.4) is 0 Å². The van der Waals surface area contributed by atoms with Crippen molar-refractivity contribution in [2.45, 2.75) is 37.6 Å². The standard InChI is InChI=1S/C13H25N3O/c1-14(2)12(17)16-10-7-13(8-11-16)6-4-5-9-15(13)3/h4-11H2,1-3H3. The SMILES string of the molecule is CN(C)C(=O)N1CCC2(CCCCN2C)CC1. The minimum Gasteiger partial charge on any atom is -0.331 e. The van der Waals surface area contributed by atoms with Gasteiger partial charge in [-0.2, -0.15) is 0 Å². The van der Waals surface area contributed by atoms with Crippen molar-refractivity contribution in [3.63, 3.8) is 0 Å². The van der Waals surface area contributed by atoms with Crippen molar-refractivity contribution >= 4 is 6.03 Å². The third-order valence-corrected chi connectivity index (χ3v) is 4.54. The Labute approximate surface area is 105 Å². The number of urea groups is 1. The number of piperidine rings is 2. The number of rotatable bonds is 0. The van der Waals surface area contributed by atoms with Crippen molar-refractivity contribution in [1.29, 1.82) is 0 Å². The molecule has 98 valence electrons. The van der Waals surface area contributed by atoms with Gasteiger partial charge in [-0.05, 0) is 39.3 Å². The van der Waals surface area contributed by atoms with Crippen molar-refractivity contribution in [2.75, 3.05) is 40.8 Å². The molecule has 0 saturated carbocycles. The molecule has 17 heavy (non-hydrogen) atoms. The van der Waals surface area contributed by atoms with E-state index in [2.05, 4.69) is 11.9 Å². The third-order valence-electron chi connectivity index (χ3n) is 4.54. The van der Waals surface area contributed by atoms with Crippen LogP contribution in [0.1, 0.15) is 32.1 Å². The third kappa shape index (κ3) is 2.41. The van der Waals surface area contributed by atoms with E-state index in [1.165, 1.54) is 25.8 Å². The van der Waals surface area contributed by atoms with Crippen LogP contribution in [0.25, 0.3) is 0 Å². The summed E-state index contributed by atoms with van der Waals surface area (Å²) in [6.07, 6.45) is 6.28. The predicted molar refractivity (Wildman–Crippen MR) is 69.1 cm³/mol. The quantitative estimate of drug-likeness (QED) is 0.642. The van der Waals surface area contributed by atoms with Crippen LogP contribution in [-0.2, 0) is 0 Å². The minimum absolute atomic E-state index is 0.165. The molecule has 0 unspecified atom stereocenters. The zero-order valence-corrected chi connectivity index (χ0v) is 11.4. The van der Waals surface area contributed by atoms with Crippen LogP contribution in [0.5, 0.6) is 0 Å². The predicted octanol–water partition coefficient (Wildman–Crippen LogP) is 1.62. The van der Waals surface area contributed by atoms with Gasteiger partial charge in [0, 0.05) is 32.7 Å². The lowest BCUT2D eigenvalue weighted by Gasteiger charge is -2.50. The van der Waals surface area contributed by atoms with Gasteiger partial charge in [-0.15, -0.1) is 0 Å². The average molecular weight is 239 g/mol. The van der Waals surface area contributed by atoms with Crippen LogP contribution in [-0.4, -0.2) is 67.0 Å². The number of amides is 2. The molecule has 0 bridgehead atoms. The fourth-order valence-corrected chi connectivity index (χ4v) is 3.26. The molecule has 0 aromatic rings. The molecular formula is C13H25N3O. The number of nitrogens with zero attached hydrogens (tertiary/aromatic N) is 3. The maximum atomic E-state index is 11.9. The Morgan fingerprint density at radius 2 is 1.71 bits per heavy atom. The molecular weight excluding hydrogens is 214 g/mol. The summed E-state index contributed by atoms with van der Waals surface area (Å²) in [5.74, 6) is 0. The van der Waals surface area contributed by atoms with Crippen molar-refractivity contribution in [3.8, 4) is 0 Å². The van der Waals surface area contributed by atoms with Gasteiger partial charge < -0.3 is 14.7 Å². The van der Waals surface area contributed by atoms with Gasteiger partial charge in [0.05, 0.1) is 0 Å². The molecule has 2 aliphatic heterocycles. The van der Waals surface area contributed by atoms with E-state index in [0.29, 0.717) is 5.54 Å². The first-order chi connectivity index (χ1) is 8.05. The molecule has 0 atom stereocenters. The number of hydrogen-bond donors (Lipinski definition) is 0. The van der Waals surface area contributed by atoms with E-state index < -0.39 is 0 Å². The molecule has 4 nitrogen and oxygen atoms in total. The van der Waals surface area contributed by atoms with Gasteiger partial charge >= 0.3 is 6.03 Å². The number of carbonyl (C=O) groups excluding carboxylic acids is 1. The van der Waals surface area contributed by atoms with Gasteiger partial charge in [-0.25, -0.2) is 4.79 Å². The summed E-state index contributed by atoms with van der Waals surface area (Å²) in [6, 6.07) is 0.165. The Morgan fingerprint density at radius 3 is 2.24 bits per heavy atom. The summed E-state index contributed by atoms with van der Waals surface area (Å²) in [6.45, 7) is 3.06.